The van der Waals surface area contributed by atoms with E-state index in [2.05, 4.69) is 10.8 Å². The minimum atomic E-state index is -0.108. The molecule has 0 aromatic carbocycles. The number of carbonyl (C=O) groups is 3. The second-order valence-corrected chi connectivity index (χ2v) is 9.83. The fourth-order valence-electron chi connectivity index (χ4n) is 3.84. The molecule has 33 heavy (non-hydrogen) atoms. The van der Waals surface area contributed by atoms with E-state index in [0.29, 0.717) is 25.9 Å². The smallest absolute Gasteiger partial charge is 0.305 e. The van der Waals surface area contributed by atoms with Crippen molar-refractivity contribution < 1.29 is 23.9 Å². The van der Waals surface area contributed by atoms with Crippen LogP contribution in [-0.4, -0.2) is 31.4 Å². The average Bonchev–Trinajstić information content (AvgIpc) is 3.28. The molecule has 0 atom stereocenters. The lowest BCUT2D eigenvalue weighted by Gasteiger charge is -2.03. The van der Waals surface area contributed by atoms with Crippen molar-refractivity contribution in [2.45, 2.75) is 116 Å². The van der Waals surface area contributed by atoms with Gasteiger partial charge in [0.2, 0.25) is 0 Å². The molecular formula is C27H44O5S. The van der Waals surface area contributed by atoms with Crippen LogP contribution in [0.5, 0.6) is 0 Å². The van der Waals surface area contributed by atoms with Gasteiger partial charge in [0.05, 0.1) is 18.6 Å². The summed E-state index contributed by atoms with van der Waals surface area (Å²) in [5, 5.41) is 0. The minimum Gasteiger partial charge on any atom is -0.469 e. The Morgan fingerprint density at radius 3 is 1.79 bits per heavy atom. The van der Waals surface area contributed by atoms with Crippen LogP contribution in [0.3, 0.4) is 0 Å². The highest BCUT2D eigenvalue weighted by molar-refractivity contribution is 7.14. The number of ketones is 1. The van der Waals surface area contributed by atoms with Crippen molar-refractivity contribution in [3.8, 4) is 0 Å². The highest BCUT2D eigenvalue weighted by atomic mass is 32.1. The Kier molecular flexibility index (Phi) is 17.6. The predicted octanol–water partition coefficient (Wildman–Crippen LogP) is 7.45. The van der Waals surface area contributed by atoms with Crippen LogP contribution >= 0.6 is 11.3 Å². The number of Topliss-reactive ketones (excluding diaryl/α,β-unsaturated/α-hetero) is 1. The van der Waals surface area contributed by atoms with Crippen molar-refractivity contribution >= 4 is 29.1 Å². The molecule has 0 N–H and O–H groups in total. The summed E-state index contributed by atoms with van der Waals surface area (Å²) in [5.74, 6) is 0.0752. The van der Waals surface area contributed by atoms with Gasteiger partial charge in [0.25, 0.3) is 0 Å². The lowest BCUT2D eigenvalue weighted by atomic mass is 10.1. The molecule has 1 rings (SSSR count). The third-order valence-corrected chi connectivity index (χ3v) is 6.99. The van der Waals surface area contributed by atoms with Gasteiger partial charge in [-0.15, -0.1) is 11.3 Å². The molecule has 6 heteroatoms. The lowest BCUT2D eigenvalue weighted by molar-refractivity contribution is -0.143. The van der Waals surface area contributed by atoms with Crippen LogP contribution < -0.4 is 0 Å². The fourth-order valence-corrected chi connectivity index (χ4v) is 4.85. The Balaban J connectivity index is 2.00. The second-order valence-electron chi connectivity index (χ2n) is 8.67. The van der Waals surface area contributed by atoms with Crippen LogP contribution in [0.25, 0.3) is 0 Å². The Morgan fingerprint density at radius 2 is 1.21 bits per heavy atom. The third kappa shape index (κ3) is 15.7. The zero-order valence-electron chi connectivity index (χ0n) is 20.8. The SMILES string of the molecule is CCOC(=O)CCCCCCCCC(=O)c1ccc(CCCCCCCCCC(=O)OC)s1. The number of aryl methyl sites for hydroxylation is 1. The van der Waals surface area contributed by atoms with Gasteiger partial charge >= 0.3 is 11.9 Å². The fraction of sp³-hybridized carbons (Fsp3) is 0.741. The Morgan fingerprint density at radius 1 is 0.697 bits per heavy atom. The van der Waals surface area contributed by atoms with Gasteiger partial charge in [0.1, 0.15) is 0 Å². The topological polar surface area (TPSA) is 69.7 Å². The zero-order valence-corrected chi connectivity index (χ0v) is 21.6. The molecule has 188 valence electrons. The Hall–Kier alpha value is -1.69. The molecule has 0 unspecified atom stereocenters. The molecule has 0 aliphatic rings. The summed E-state index contributed by atoms with van der Waals surface area (Å²) in [6, 6.07) is 4.12. The van der Waals surface area contributed by atoms with E-state index in [1.807, 2.05) is 13.0 Å². The van der Waals surface area contributed by atoms with Crippen molar-refractivity contribution in [1.82, 2.24) is 0 Å². The van der Waals surface area contributed by atoms with Crippen molar-refractivity contribution in [2.24, 2.45) is 0 Å². The van der Waals surface area contributed by atoms with Gasteiger partial charge in [-0.3, -0.25) is 14.4 Å². The lowest BCUT2D eigenvalue weighted by Crippen LogP contribution is -2.03. The zero-order chi connectivity index (χ0) is 24.2. The maximum Gasteiger partial charge on any atom is 0.305 e. The first-order valence-corrected chi connectivity index (χ1v) is 13.7. The van der Waals surface area contributed by atoms with Gasteiger partial charge in [0.15, 0.2) is 5.78 Å². The number of carbonyl (C=O) groups excluding carboxylic acids is 3. The summed E-state index contributed by atoms with van der Waals surface area (Å²) in [6.45, 7) is 2.29. The molecule has 0 saturated heterocycles. The van der Waals surface area contributed by atoms with E-state index in [4.69, 9.17) is 4.74 Å². The number of hydrogen-bond acceptors (Lipinski definition) is 6. The third-order valence-electron chi connectivity index (χ3n) is 5.81. The number of thiophene rings is 1. The maximum absolute atomic E-state index is 12.4. The summed E-state index contributed by atoms with van der Waals surface area (Å²) < 4.78 is 9.58. The molecule has 1 aromatic rings. The molecule has 5 nitrogen and oxygen atoms in total. The summed E-state index contributed by atoms with van der Waals surface area (Å²) in [6.07, 6.45) is 17.0. The van der Waals surface area contributed by atoms with Crippen LogP contribution in [0.1, 0.15) is 124 Å². The largest absolute Gasteiger partial charge is 0.469 e. The van der Waals surface area contributed by atoms with E-state index < -0.39 is 0 Å². The maximum atomic E-state index is 12.4. The normalized spacial score (nSPS) is 10.8. The predicted molar refractivity (Wildman–Crippen MR) is 135 cm³/mol. The van der Waals surface area contributed by atoms with Crippen LogP contribution in [0.4, 0.5) is 0 Å². The van der Waals surface area contributed by atoms with Crippen LogP contribution in [0, 0.1) is 0 Å². The molecule has 1 heterocycles. The molecular weight excluding hydrogens is 436 g/mol. The van der Waals surface area contributed by atoms with Crippen molar-refractivity contribution in [2.75, 3.05) is 13.7 Å². The van der Waals surface area contributed by atoms with Crippen molar-refractivity contribution in [1.29, 1.82) is 0 Å². The molecule has 0 saturated carbocycles. The first-order chi connectivity index (χ1) is 16.1. The summed E-state index contributed by atoms with van der Waals surface area (Å²) in [7, 11) is 1.44. The van der Waals surface area contributed by atoms with Crippen molar-refractivity contribution in [3.63, 3.8) is 0 Å². The van der Waals surface area contributed by atoms with Crippen LogP contribution in [-0.2, 0) is 25.5 Å². The molecule has 0 aliphatic heterocycles. The van der Waals surface area contributed by atoms with Gasteiger partial charge < -0.3 is 9.47 Å². The van der Waals surface area contributed by atoms with Crippen LogP contribution in [0.2, 0.25) is 0 Å². The van der Waals surface area contributed by atoms with E-state index >= 15 is 0 Å². The molecule has 1 aromatic heterocycles. The molecule has 0 bridgehead atoms. The summed E-state index contributed by atoms with van der Waals surface area (Å²) in [4.78, 5) is 37.0. The highest BCUT2D eigenvalue weighted by Crippen LogP contribution is 2.22. The number of unbranched alkanes of at least 4 members (excludes halogenated alkanes) is 11. The Bertz CT molecular complexity index is 667. The monoisotopic (exact) mass is 480 g/mol. The standard InChI is InChI=1S/C27H44O5S/c1-3-32-27(30)20-16-12-8-7-10-14-18-24(28)25-22-21-23(33-25)17-13-9-5-4-6-11-15-19-26(29)31-2/h21-22H,3-20H2,1-2H3. The quantitative estimate of drug-likeness (QED) is 0.104. The number of esters is 2. The average molecular weight is 481 g/mol. The van der Waals surface area contributed by atoms with Crippen LogP contribution in [0.15, 0.2) is 12.1 Å². The van der Waals surface area contributed by atoms with Gasteiger partial charge in [-0.05, 0) is 51.2 Å². The Labute approximate surface area is 204 Å². The number of methoxy groups -OCH3 is 1. The number of ether oxygens (including phenoxy) is 2. The number of rotatable bonds is 21. The molecule has 0 radical (unpaired) electrons. The van der Waals surface area contributed by atoms with Gasteiger partial charge in [-0.2, -0.15) is 0 Å². The second kappa shape index (κ2) is 19.7. The van der Waals surface area contributed by atoms with E-state index in [1.54, 1.807) is 11.3 Å². The van der Waals surface area contributed by atoms with E-state index in [9.17, 15) is 14.4 Å². The molecule has 0 amide bonds. The first kappa shape index (κ1) is 29.3. The summed E-state index contributed by atoms with van der Waals surface area (Å²) >= 11 is 1.67. The molecule has 0 aliphatic carbocycles. The van der Waals surface area contributed by atoms with Crippen molar-refractivity contribution in [3.05, 3.63) is 21.9 Å². The van der Waals surface area contributed by atoms with E-state index in [0.717, 1.165) is 62.7 Å². The highest BCUT2D eigenvalue weighted by Gasteiger charge is 2.09. The molecule has 0 spiro atoms. The van der Waals surface area contributed by atoms with Gasteiger partial charge in [0, 0.05) is 24.1 Å². The van der Waals surface area contributed by atoms with Gasteiger partial charge in [-0.25, -0.2) is 0 Å². The summed E-state index contributed by atoms with van der Waals surface area (Å²) in [5.41, 5.74) is 0. The number of hydrogen-bond donors (Lipinski definition) is 0. The van der Waals surface area contributed by atoms with Gasteiger partial charge in [-0.1, -0.05) is 57.8 Å². The minimum absolute atomic E-state index is 0.0949. The first-order valence-electron chi connectivity index (χ1n) is 12.9. The van der Waals surface area contributed by atoms with E-state index in [-0.39, 0.29) is 17.7 Å². The molecule has 0 fully saturated rings. The van der Waals surface area contributed by atoms with E-state index in [1.165, 1.54) is 44.1 Å².